The van der Waals surface area contributed by atoms with Crippen LogP contribution in [0.25, 0.3) is 0 Å². The zero-order valence-corrected chi connectivity index (χ0v) is 12.7. The Balaban J connectivity index is 1.33. The molecule has 1 aromatic heterocycles. The fourth-order valence-electron chi connectivity index (χ4n) is 3.26. The first-order valence-corrected chi connectivity index (χ1v) is 8.30. The average molecular weight is 276 g/mol. The number of likely N-dealkylation sites (tertiary alicyclic amines) is 1. The number of imidazole rings is 1. The Morgan fingerprint density at radius 3 is 3.00 bits per heavy atom. The Hall–Kier alpha value is -0.870. The van der Waals surface area contributed by atoms with Crippen LogP contribution in [0.2, 0.25) is 0 Å². The summed E-state index contributed by atoms with van der Waals surface area (Å²) in [5.74, 6) is 0. The van der Waals surface area contributed by atoms with Crippen molar-refractivity contribution in [3.05, 3.63) is 18.2 Å². The van der Waals surface area contributed by atoms with Crippen molar-refractivity contribution in [1.29, 1.82) is 0 Å². The number of piperidine rings is 1. The minimum Gasteiger partial charge on any atom is -0.330 e. The lowest BCUT2D eigenvalue weighted by Gasteiger charge is -2.33. The molecule has 4 heteroatoms. The van der Waals surface area contributed by atoms with Crippen LogP contribution in [0.4, 0.5) is 0 Å². The highest BCUT2D eigenvalue weighted by atomic mass is 15.2. The summed E-state index contributed by atoms with van der Waals surface area (Å²) < 4.78 is 2.35. The van der Waals surface area contributed by atoms with Gasteiger partial charge in [-0.25, -0.2) is 4.98 Å². The van der Waals surface area contributed by atoms with Crippen LogP contribution in [0.5, 0.6) is 0 Å². The molecule has 2 heterocycles. The van der Waals surface area contributed by atoms with Crippen molar-refractivity contribution in [2.24, 2.45) is 0 Å². The van der Waals surface area contributed by atoms with E-state index in [4.69, 9.17) is 0 Å². The topological polar surface area (TPSA) is 33.1 Å². The second kappa shape index (κ2) is 6.72. The van der Waals surface area contributed by atoms with Gasteiger partial charge in [-0.2, -0.15) is 0 Å². The van der Waals surface area contributed by atoms with Crippen molar-refractivity contribution in [2.75, 3.05) is 19.6 Å². The van der Waals surface area contributed by atoms with Crippen LogP contribution in [0.1, 0.15) is 57.2 Å². The van der Waals surface area contributed by atoms with E-state index in [1.54, 1.807) is 0 Å². The minimum atomic E-state index is 0.739. The van der Waals surface area contributed by atoms with Crippen molar-refractivity contribution in [3.63, 3.8) is 0 Å². The van der Waals surface area contributed by atoms with Gasteiger partial charge in [0.2, 0.25) is 0 Å². The quantitative estimate of drug-likeness (QED) is 0.777. The number of nitrogens with zero attached hydrogens (tertiary/aromatic N) is 3. The van der Waals surface area contributed by atoms with Gasteiger partial charge in [-0.15, -0.1) is 0 Å². The first-order valence-electron chi connectivity index (χ1n) is 8.30. The molecular formula is C16H28N4. The van der Waals surface area contributed by atoms with Crippen molar-refractivity contribution >= 4 is 0 Å². The maximum atomic E-state index is 4.28. The van der Waals surface area contributed by atoms with E-state index in [9.17, 15) is 0 Å². The van der Waals surface area contributed by atoms with Crippen LogP contribution in [0.3, 0.4) is 0 Å². The fraction of sp³-hybridized carbons (Fsp3) is 0.812. The number of hydrogen-bond acceptors (Lipinski definition) is 3. The van der Waals surface area contributed by atoms with E-state index in [2.05, 4.69) is 26.7 Å². The third-order valence-corrected chi connectivity index (χ3v) is 4.73. The highest BCUT2D eigenvalue weighted by Crippen LogP contribution is 2.35. The van der Waals surface area contributed by atoms with E-state index in [1.165, 1.54) is 57.3 Å². The third kappa shape index (κ3) is 3.61. The summed E-state index contributed by atoms with van der Waals surface area (Å²) in [7, 11) is 0. The molecule has 1 atom stereocenters. The van der Waals surface area contributed by atoms with Crippen LogP contribution in [-0.2, 0) is 6.54 Å². The van der Waals surface area contributed by atoms with Crippen molar-refractivity contribution in [3.8, 4) is 0 Å². The number of rotatable bonds is 7. The highest BCUT2D eigenvalue weighted by molar-refractivity contribution is 5.03. The summed E-state index contributed by atoms with van der Waals surface area (Å²) in [4.78, 5) is 6.93. The second-order valence-corrected chi connectivity index (χ2v) is 6.43. The lowest BCUT2D eigenvalue weighted by atomic mass is 10.0. The molecule has 0 radical (unpaired) electrons. The van der Waals surface area contributed by atoms with Gasteiger partial charge in [-0.3, -0.25) is 0 Å². The molecule has 1 saturated carbocycles. The molecule has 2 fully saturated rings. The summed E-state index contributed by atoms with van der Waals surface area (Å²) in [5, 5.41) is 3.58. The number of nitrogens with one attached hydrogen (secondary N) is 1. The first-order chi connectivity index (χ1) is 9.84. The lowest BCUT2D eigenvalue weighted by Crippen LogP contribution is -2.38. The molecule has 1 unspecified atom stereocenters. The molecule has 0 amide bonds. The van der Waals surface area contributed by atoms with Gasteiger partial charge >= 0.3 is 0 Å². The van der Waals surface area contributed by atoms with E-state index in [0.29, 0.717) is 0 Å². The molecule has 0 spiro atoms. The van der Waals surface area contributed by atoms with E-state index in [-0.39, 0.29) is 0 Å². The molecule has 1 N–H and O–H groups in total. The SMILES string of the molecule is CC1CCCCN1CCCNCc1cncn1C1CC1. The number of aromatic nitrogens is 2. The Labute approximate surface area is 122 Å². The van der Waals surface area contributed by atoms with Crippen molar-refractivity contribution < 1.29 is 0 Å². The largest absolute Gasteiger partial charge is 0.330 e. The summed E-state index contributed by atoms with van der Waals surface area (Å²) in [6, 6.07) is 1.53. The van der Waals surface area contributed by atoms with Crippen molar-refractivity contribution in [2.45, 2.75) is 64.1 Å². The van der Waals surface area contributed by atoms with Gasteiger partial charge in [0.1, 0.15) is 0 Å². The minimum absolute atomic E-state index is 0.739. The summed E-state index contributed by atoms with van der Waals surface area (Å²) in [6.45, 7) is 7.00. The number of hydrogen-bond donors (Lipinski definition) is 1. The maximum absolute atomic E-state index is 4.28. The molecule has 1 aliphatic heterocycles. The van der Waals surface area contributed by atoms with Gasteiger partial charge in [0, 0.05) is 24.8 Å². The van der Waals surface area contributed by atoms with Crippen LogP contribution in [-0.4, -0.2) is 40.1 Å². The van der Waals surface area contributed by atoms with Gasteiger partial charge < -0.3 is 14.8 Å². The fourth-order valence-corrected chi connectivity index (χ4v) is 3.26. The van der Waals surface area contributed by atoms with E-state index < -0.39 is 0 Å². The second-order valence-electron chi connectivity index (χ2n) is 6.43. The molecule has 112 valence electrons. The summed E-state index contributed by atoms with van der Waals surface area (Å²) >= 11 is 0. The van der Waals surface area contributed by atoms with Crippen LogP contribution in [0.15, 0.2) is 12.5 Å². The zero-order chi connectivity index (χ0) is 13.8. The van der Waals surface area contributed by atoms with Gasteiger partial charge in [-0.05, 0) is 58.7 Å². The van der Waals surface area contributed by atoms with E-state index in [1.807, 2.05) is 12.5 Å². The Kier molecular flexibility index (Phi) is 4.73. The lowest BCUT2D eigenvalue weighted by molar-refractivity contribution is 0.159. The van der Waals surface area contributed by atoms with Gasteiger partial charge in [-0.1, -0.05) is 6.42 Å². The summed E-state index contributed by atoms with van der Waals surface area (Å²) in [6.07, 6.45) is 12.1. The van der Waals surface area contributed by atoms with Crippen LogP contribution in [0, 0.1) is 0 Å². The molecule has 0 bridgehead atoms. The van der Waals surface area contributed by atoms with Crippen LogP contribution < -0.4 is 5.32 Å². The molecule has 2 aliphatic rings. The highest BCUT2D eigenvalue weighted by Gasteiger charge is 2.24. The Morgan fingerprint density at radius 1 is 1.30 bits per heavy atom. The molecule has 3 rings (SSSR count). The smallest absolute Gasteiger partial charge is 0.0951 e. The van der Waals surface area contributed by atoms with E-state index in [0.717, 1.165) is 25.2 Å². The molecule has 1 aliphatic carbocycles. The third-order valence-electron chi connectivity index (χ3n) is 4.73. The monoisotopic (exact) mass is 276 g/mol. The molecule has 1 saturated heterocycles. The van der Waals surface area contributed by atoms with Crippen molar-refractivity contribution in [1.82, 2.24) is 19.8 Å². The molecular weight excluding hydrogens is 248 g/mol. The molecule has 4 nitrogen and oxygen atoms in total. The Morgan fingerprint density at radius 2 is 2.20 bits per heavy atom. The zero-order valence-electron chi connectivity index (χ0n) is 12.7. The van der Waals surface area contributed by atoms with Gasteiger partial charge in [0.05, 0.1) is 12.0 Å². The van der Waals surface area contributed by atoms with E-state index >= 15 is 0 Å². The normalized spacial score (nSPS) is 24.1. The van der Waals surface area contributed by atoms with Gasteiger partial charge in [0.25, 0.3) is 0 Å². The summed E-state index contributed by atoms with van der Waals surface area (Å²) in [5.41, 5.74) is 1.35. The predicted molar refractivity (Wildman–Crippen MR) is 81.7 cm³/mol. The van der Waals surface area contributed by atoms with Gasteiger partial charge in [0.15, 0.2) is 0 Å². The average Bonchev–Trinajstić information content (AvgIpc) is 3.20. The Bertz CT molecular complexity index is 410. The standard InChI is InChI=1S/C16H28N4/c1-14-5-2-3-9-19(14)10-4-8-17-11-16-12-18-13-20(16)15-6-7-15/h12-15,17H,2-11H2,1H3. The first kappa shape index (κ1) is 14.1. The van der Waals surface area contributed by atoms with Crippen LogP contribution >= 0.6 is 0 Å². The molecule has 20 heavy (non-hydrogen) atoms. The predicted octanol–water partition coefficient (Wildman–Crippen LogP) is 2.57. The molecule has 0 aromatic carbocycles. The maximum Gasteiger partial charge on any atom is 0.0951 e. The molecule has 1 aromatic rings.